The highest BCUT2D eigenvalue weighted by Gasteiger charge is 2.66. The number of hydrogen-bond donors (Lipinski definition) is 0. The molecule has 2 fully saturated rings. The zero-order valence-electron chi connectivity index (χ0n) is 11.4. The largest absolute Gasteiger partial charge is 0.374 e. The molecule has 2 heteroatoms. The van der Waals surface area contributed by atoms with Crippen LogP contribution in [0.3, 0.4) is 0 Å². The van der Waals surface area contributed by atoms with Gasteiger partial charge in [-0.15, -0.1) is 0 Å². The maximum atomic E-state index is 6.59. The van der Waals surface area contributed by atoms with E-state index in [1.165, 1.54) is 31.2 Å². The predicted molar refractivity (Wildman–Crippen MR) is 80.1 cm³/mol. The van der Waals surface area contributed by atoms with Crippen molar-refractivity contribution >= 4 is 17.7 Å². The molecule has 2 aliphatic rings. The van der Waals surface area contributed by atoms with Crippen LogP contribution < -0.4 is 0 Å². The molecule has 3 rings (SSSR count). The Labute approximate surface area is 120 Å². The van der Waals surface area contributed by atoms with Crippen molar-refractivity contribution in [1.82, 2.24) is 0 Å². The summed E-state index contributed by atoms with van der Waals surface area (Å²) in [5, 5.41) is 0.978. The minimum absolute atomic E-state index is 0.0648. The summed E-state index contributed by atoms with van der Waals surface area (Å²) in [5.74, 6) is 1.07. The number of rotatable bonds is 4. The first-order chi connectivity index (χ1) is 9.28. The van der Waals surface area contributed by atoms with Crippen molar-refractivity contribution in [3.05, 3.63) is 40.9 Å². The summed E-state index contributed by atoms with van der Waals surface area (Å²) in [5.41, 5.74) is 1.25. The molecule has 102 valence electrons. The van der Waals surface area contributed by atoms with Gasteiger partial charge in [0, 0.05) is 17.6 Å². The predicted octanol–water partition coefficient (Wildman–Crippen LogP) is 4.86. The Hall–Kier alpha value is -0.790. The fourth-order valence-corrected chi connectivity index (χ4v) is 4.23. The van der Waals surface area contributed by atoms with Gasteiger partial charge in [-0.25, -0.2) is 0 Å². The Morgan fingerprint density at radius 1 is 1.37 bits per heavy atom. The lowest BCUT2D eigenvalue weighted by atomic mass is 9.98. The van der Waals surface area contributed by atoms with E-state index >= 15 is 0 Å². The molecular formula is C17H21ClO. The van der Waals surface area contributed by atoms with Crippen molar-refractivity contribution in [3.8, 4) is 0 Å². The third-order valence-electron chi connectivity index (χ3n) is 4.59. The first kappa shape index (κ1) is 13.2. The van der Waals surface area contributed by atoms with Crippen LogP contribution in [0.5, 0.6) is 0 Å². The van der Waals surface area contributed by atoms with Gasteiger partial charge in [0.2, 0.25) is 0 Å². The molecule has 1 aromatic carbocycles. The molecule has 0 N–H and O–H groups in total. The molecule has 2 aliphatic carbocycles. The second-order valence-electron chi connectivity index (χ2n) is 5.66. The van der Waals surface area contributed by atoms with Gasteiger partial charge >= 0.3 is 0 Å². The normalized spacial score (nSPS) is 33.9. The fraction of sp³-hybridized carbons (Fsp3) is 0.529. The van der Waals surface area contributed by atoms with E-state index in [4.69, 9.17) is 16.3 Å². The van der Waals surface area contributed by atoms with Crippen LogP contribution in [0.4, 0.5) is 0 Å². The highest BCUT2D eigenvalue weighted by atomic mass is 35.5. The third kappa shape index (κ3) is 2.34. The Balaban J connectivity index is 1.81. The first-order valence-corrected chi connectivity index (χ1v) is 7.72. The van der Waals surface area contributed by atoms with Crippen LogP contribution in [0.15, 0.2) is 35.4 Å². The molecule has 0 amide bonds. The topological polar surface area (TPSA) is 9.23 Å². The SMILES string of the molecule is CCOC12CCCCC1C2/C(Cl)=C/c1ccccc1. The minimum atomic E-state index is 0.0648. The molecule has 1 aromatic rings. The molecule has 19 heavy (non-hydrogen) atoms. The van der Waals surface area contributed by atoms with Crippen molar-refractivity contribution in [2.75, 3.05) is 6.61 Å². The highest BCUT2D eigenvalue weighted by Crippen LogP contribution is 2.65. The highest BCUT2D eigenvalue weighted by molar-refractivity contribution is 6.32. The van der Waals surface area contributed by atoms with E-state index in [9.17, 15) is 0 Å². The summed E-state index contributed by atoms with van der Waals surface area (Å²) >= 11 is 6.59. The smallest absolute Gasteiger partial charge is 0.0798 e. The zero-order valence-corrected chi connectivity index (χ0v) is 12.2. The van der Waals surface area contributed by atoms with Gasteiger partial charge in [0.15, 0.2) is 0 Å². The molecule has 0 radical (unpaired) electrons. The van der Waals surface area contributed by atoms with Crippen LogP contribution in [-0.4, -0.2) is 12.2 Å². The lowest BCUT2D eigenvalue weighted by Crippen LogP contribution is -2.22. The minimum Gasteiger partial charge on any atom is -0.374 e. The summed E-state index contributed by atoms with van der Waals surface area (Å²) in [6.07, 6.45) is 7.16. The molecule has 2 saturated carbocycles. The zero-order chi connectivity index (χ0) is 13.3. The van der Waals surface area contributed by atoms with E-state index in [0.717, 1.165) is 11.6 Å². The monoisotopic (exact) mass is 276 g/mol. The second-order valence-corrected chi connectivity index (χ2v) is 6.09. The van der Waals surface area contributed by atoms with Gasteiger partial charge in [-0.1, -0.05) is 54.8 Å². The number of benzene rings is 1. The molecule has 0 aliphatic heterocycles. The lowest BCUT2D eigenvalue weighted by molar-refractivity contribution is 0.00574. The van der Waals surface area contributed by atoms with Gasteiger partial charge < -0.3 is 4.74 Å². The first-order valence-electron chi connectivity index (χ1n) is 7.34. The quantitative estimate of drug-likeness (QED) is 0.763. The number of halogens is 1. The van der Waals surface area contributed by atoms with Gasteiger partial charge in [-0.05, 0) is 37.3 Å². The average molecular weight is 277 g/mol. The Morgan fingerprint density at radius 3 is 2.89 bits per heavy atom. The van der Waals surface area contributed by atoms with Gasteiger partial charge in [0.05, 0.1) is 5.60 Å². The maximum absolute atomic E-state index is 6.59. The molecule has 0 spiro atoms. The van der Waals surface area contributed by atoms with E-state index in [1.807, 2.05) is 18.2 Å². The summed E-state index contributed by atoms with van der Waals surface area (Å²) in [6, 6.07) is 10.3. The number of fused-ring (bicyclic) bond motifs is 1. The van der Waals surface area contributed by atoms with Crippen molar-refractivity contribution in [2.45, 2.75) is 38.2 Å². The molecule has 3 atom stereocenters. The molecule has 0 heterocycles. The van der Waals surface area contributed by atoms with E-state index in [2.05, 4.69) is 25.1 Å². The molecule has 1 nitrogen and oxygen atoms in total. The molecule has 0 saturated heterocycles. The summed E-state index contributed by atoms with van der Waals surface area (Å²) in [4.78, 5) is 0. The van der Waals surface area contributed by atoms with Crippen molar-refractivity contribution in [1.29, 1.82) is 0 Å². The summed E-state index contributed by atoms with van der Waals surface area (Å²) < 4.78 is 6.09. The van der Waals surface area contributed by atoms with Gasteiger partial charge in [-0.2, -0.15) is 0 Å². The van der Waals surface area contributed by atoms with Crippen molar-refractivity contribution < 1.29 is 4.74 Å². The van der Waals surface area contributed by atoms with Gasteiger partial charge in [0.1, 0.15) is 0 Å². The van der Waals surface area contributed by atoms with Gasteiger partial charge in [0.25, 0.3) is 0 Å². The van der Waals surface area contributed by atoms with Gasteiger partial charge in [-0.3, -0.25) is 0 Å². The van der Waals surface area contributed by atoms with Crippen LogP contribution in [0.2, 0.25) is 0 Å². The second kappa shape index (κ2) is 5.30. The fourth-order valence-electron chi connectivity index (χ4n) is 3.77. The van der Waals surface area contributed by atoms with Crippen LogP contribution >= 0.6 is 11.6 Å². The maximum Gasteiger partial charge on any atom is 0.0798 e. The Morgan fingerprint density at radius 2 is 2.16 bits per heavy atom. The van der Waals surface area contributed by atoms with E-state index in [0.29, 0.717) is 11.8 Å². The van der Waals surface area contributed by atoms with E-state index < -0.39 is 0 Å². The third-order valence-corrected chi connectivity index (χ3v) is 4.94. The van der Waals surface area contributed by atoms with E-state index in [-0.39, 0.29) is 5.60 Å². The Kier molecular flexibility index (Phi) is 3.68. The standard InChI is InChI=1S/C17H21ClO/c1-2-19-17-11-7-6-10-14(17)16(17)15(18)12-13-8-4-3-5-9-13/h3-5,8-9,12,14,16H,2,6-7,10-11H2,1H3/b15-12-. The van der Waals surface area contributed by atoms with Crippen LogP contribution in [0, 0.1) is 11.8 Å². The molecular weight excluding hydrogens is 256 g/mol. The summed E-state index contributed by atoms with van der Waals surface area (Å²) in [6.45, 7) is 2.88. The van der Waals surface area contributed by atoms with Crippen LogP contribution in [0.25, 0.3) is 6.08 Å². The number of hydrogen-bond acceptors (Lipinski definition) is 1. The average Bonchev–Trinajstić information content (AvgIpc) is 3.08. The van der Waals surface area contributed by atoms with Crippen molar-refractivity contribution in [2.24, 2.45) is 11.8 Å². The number of ether oxygens (including phenoxy) is 1. The molecule has 0 bridgehead atoms. The lowest BCUT2D eigenvalue weighted by Gasteiger charge is -2.22. The van der Waals surface area contributed by atoms with E-state index in [1.54, 1.807) is 0 Å². The molecule has 3 unspecified atom stereocenters. The van der Waals surface area contributed by atoms with Crippen LogP contribution in [-0.2, 0) is 4.74 Å². The molecule has 0 aromatic heterocycles. The van der Waals surface area contributed by atoms with Crippen LogP contribution in [0.1, 0.15) is 38.2 Å². The summed E-state index contributed by atoms with van der Waals surface area (Å²) in [7, 11) is 0. The van der Waals surface area contributed by atoms with Crippen molar-refractivity contribution in [3.63, 3.8) is 0 Å². The Bertz CT molecular complexity index is 463.